The molecule has 0 spiro atoms. The number of anilines is 1. The van der Waals surface area contributed by atoms with E-state index in [1.54, 1.807) is 0 Å². The maximum Gasteiger partial charge on any atom is 0.247 e. The minimum Gasteiger partial charge on any atom is -0.454 e. The van der Waals surface area contributed by atoms with Crippen molar-refractivity contribution in [3.63, 3.8) is 0 Å². The Morgan fingerprint density at radius 1 is 1.19 bits per heavy atom. The highest BCUT2D eigenvalue weighted by molar-refractivity contribution is 5.87. The Labute approximate surface area is 151 Å². The van der Waals surface area contributed by atoms with E-state index >= 15 is 0 Å². The summed E-state index contributed by atoms with van der Waals surface area (Å²) in [4.78, 5) is 23.5. The van der Waals surface area contributed by atoms with Crippen LogP contribution < -0.4 is 19.7 Å². The van der Waals surface area contributed by atoms with Crippen LogP contribution in [0.1, 0.15) is 17.0 Å². The highest BCUT2D eigenvalue weighted by atomic mass is 16.7. The molecule has 4 rings (SSSR count). The fraction of sp³-hybridized carbons (Fsp3) is 0.316. The summed E-state index contributed by atoms with van der Waals surface area (Å²) in [6.07, 6.45) is 3.85. The predicted octanol–water partition coefficient (Wildman–Crippen LogP) is 1.88. The molecule has 0 radical (unpaired) electrons. The Morgan fingerprint density at radius 3 is 2.77 bits per heavy atom. The summed E-state index contributed by atoms with van der Waals surface area (Å²) in [5.41, 5.74) is 2.73. The van der Waals surface area contributed by atoms with Gasteiger partial charge in [0.25, 0.3) is 0 Å². The molecule has 1 aromatic heterocycles. The van der Waals surface area contributed by atoms with Crippen molar-refractivity contribution in [2.24, 2.45) is 0 Å². The van der Waals surface area contributed by atoms with Gasteiger partial charge in [-0.3, -0.25) is 4.79 Å². The maximum atomic E-state index is 12.7. The molecular formula is C19H20N4O3. The molecule has 2 aliphatic rings. The van der Waals surface area contributed by atoms with Gasteiger partial charge < -0.3 is 19.7 Å². The van der Waals surface area contributed by atoms with Crippen LogP contribution in [0.2, 0.25) is 0 Å². The van der Waals surface area contributed by atoms with Crippen LogP contribution in [-0.4, -0.2) is 35.3 Å². The number of nitrogens with zero attached hydrogens (tertiary/aromatic N) is 3. The number of hydrogen-bond acceptors (Lipinski definition) is 6. The zero-order chi connectivity index (χ0) is 18.1. The maximum absolute atomic E-state index is 12.7. The number of nitrogens with one attached hydrogen (secondary N) is 1. The molecule has 1 N–H and O–H groups in total. The lowest BCUT2D eigenvalue weighted by Crippen LogP contribution is -2.44. The first-order valence-corrected chi connectivity index (χ1v) is 8.52. The highest BCUT2D eigenvalue weighted by Crippen LogP contribution is 2.32. The van der Waals surface area contributed by atoms with Gasteiger partial charge in [0, 0.05) is 24.5 Å². The van der Waals surface area contributed by atoms with Crippen LogP contribution in [0.3, 0.4) is 0 Å². The van der Waals surface area contributed by atoms with Gasteiger partial charge in [0.15, 0.2) is 11.5 Å². The van der Waals surface area contributed by atoms with E-state index in [-0.39, 0.29) is 12.7 Å². The number of aromatic nitrogens is 2. The van der Waals surface area contributed by atoms with Crippen molar-refractivity contribution >= 4 is 11.9 Å². The number of benzene rings is 1. The lowest BCUT2D eigenvalue weighted by molar-refractivity contribution is -0.121. The molecular weight excluding hydrogens is 332 g/mol. The first-order valence-electron chi connectivity index (χ1n) is 8.52. The average molecular weight is 352 g/mol. The van der Waals surface area contributed by atoms with E-state index < -0.39 is 6.04 Å². The van der Waals surface area contributed by atoms with Crippen molar-refractivity contribution in [2.45, 2.75) is 26.4 Å². The third kappa shape index (κ3) is 3.20. The molecule has 0 aliphatic carbocycles. The van der Waals surface area contributed by atoms with Gasteiger partial charge >= 0.3 is 0 Å². The van der Waals surface area contributed by atoms with Crippen molar-refractivity contribution in [3.8, 4) is 11.5 Å². The number of ether oxygens (including phenoxy) is 2. The van der Waals surface area contributed by atoms with Crippen molar-refractivity contribution in [1.29, 1.82) is 0 Å². The van der Waals surface area contributed by atoms with Crippen molar-refractivity contribution < 1.29 is 14.3 Å². The van der Waals surface area contributed by atoms with Gasteiger partial charge in [-0.2, -0.15) is 0 Å². The van der Waals surface area contributed by atoms with Crippen LogP contribution in [-0.2, 0) is 11.3 Å². The molecule has 7 heteroatoms. The second-order valence-electron chi connectivity index (χ2n) is 6.38. The fourth-order valence-electron chi connectivity index (χ4n) is 3.14. The molecule has 134 valence electrons. The molecule has 1 aromatic carbocycles. The van der Waals surface area contributed by atoms with Crippen molar-refractivity contribution in [3.05, 3.63) is 53.4 Å². The van der Waals surface area contributed by atoms with Gasteiger partial charge in [0.2, 0.25) is 18.6 Å². The largest absolute Gasteiger partial charge is 0.454 e. The standard InChI is InChI=1S/C19H20N4O3/c1-12-8-13(2)22-19(21-12)23-7-3-4-15(23)18(24)20-10-14-5-6-16-17(9-14)26-11-25-16/h3-6,8-9,15H,7,10-11H2,1-2H3,(H,20,24)/t15-/m1/s1. The molecule has 7 nitrogen and oxygen atoms in total. The SMILES string of the molecule is Cc1cc(C)nc(N2CC=C[C@@H]2C(=O)NCc2ccc3c(c2)OCO3)n1. The summed E-state index contributed by atoms with van der Waals surface area (Å²) in [6.45, 7) is 5.13. The predicted molar refractivity (Wildman–Crippen MR) is 96.2 cm³/mol. The van der Waals surface area contributed by atoms with Crippen LogP contribution in [0.15, 0.2) is 36.4 Å². The van der Waals surface area contributed by atoms with Crippen LogP contribution in [0.25, 0.3) is 0 Å². The second-order valence-corrected chi connectivity index (χ2v) is 6.38. The monoisotopic (exact) mass is 352 g/mol. The van der Waals surface area contributed by atoms with Gasteiger partial charge in [0.05, 0.1) is 0 Å². The number of aryl methyl sites for hydroxylation is 2. The molecule has 1 amide bonds. The summed E-state index contributed by atoms with van der Waals surface area (Å²) in [5.74, 6) is 1.94. The Kier molecular flexibility index (Phi) is 4.20. The minimum absolute atomic E-state index is 0.0841. The van der Waals surface area contributed by atoms with E-state index in [2.05, 4.69) is 15.3 Å². The van der Waals surface area contributed by atoms with E-state index in [1.807, 2.05) is 55.2 Å². The van der Waals surface area contributed by atoms with E-state index in [1.165, 1.54) is 0 Å². The summed E-state index contributed by atoms with van der Waals surface area (Å²) in [5, 5.41) is 2.98. The number of carbonyl (C=O) groups excluding carboxylic acids is 1. The van der Waals surface area contributed by atoms with Crippen molar-refractivity contribution in [1.82, 2.24) is 15.3 Å². The molecule has 1 atom stereocenters. The molecule has 0 fully saturated rings. The Balaban J connectivity index is 1.44. The minimum atomic E-state index is -0.412. The van der Waals surface area contributed by atoms with E-state index in [9.17, 15) is 4.79 Å². The normalized spacial score (nSPS) is 17.6. The van der Waals surface area contributed by atoms with Crippen LogP contribution >= 0.6 is 0 Å². The van der Waals surface area contributed by atoms with E-state index in [0.29, 0.717) is 24.8 Å². The summed E-state index contributed by atoms with van der Waals surface area (Å²) in [7, 11) is 0. The fourth-order valence-corrected chi connectivity index (χ4v) is 3.14. The Bertz CT molecular complexity index is 861. The Morgan fingerprint density at radius 2 is 1.96 bits per heavy atom. The van der Waals surface area contributed by atoms with E-state index in [0.717, 1.165) is 22.7 Å². The molecule has 0 saturated carbocycles. The third-order valence-electron chi connectivity index (χ3n) is 4.36. The lowest BCUT2D eigenvalue weighted by atomic mass is 10.2. The zero-order valence-corrected chi connectivity index (χ0v) is 14.7. The average Bonchev–Trinajstić information content (AvgIpc) is 3.27. The molecule has 2 aromatic rings. The van der Waals surface area contributed by atoms with Crippen LogP contribution in [0.5, 0.6) is 11.5 Å². The molecule has 2 aliphatic heterocycles. The number of rotatable bonds is 4. The summed E-state index contributed by atoms with van der Waals surface area (Å²) in [6, 6.07) is 7.17. The van der Waals surface area contributed by atoms with Gasteiger partial charge in [-0.25, -0.2) is 9.97 Å². The second kappa shape index (κ2) is 6.67. The summed E-state index contributed by atoms with van der Waals surface area (Å²) < 4.78 is 10.7. The van der Waals surface area contributed by atoms with Gasteiger partial charge in [-0.1, -0.05) is 18.2 Å². The topological polar surface area (TPSA) is 76.6 Å². The number of amides is 1. The molecule has 0 saturated heterocycles. The molecule has 3 heterocycles. The van der Waals surface area contributed by atoms with Crippen LogP contribution in [0, 0.1) is 13.8 Å². The van der Waals surface area contributed by atoms with Gasteiger partial charge in [-0.05, 0) is 37.6 Å². The number of fused-ring (bicyclic) bond motifs is 1. The first-order chi connectivity index (χ1) is 12.6. The molecule has 26 heavy (non-hydrogen) atoms. The number of carbonyl (C=O) groups is 1. The third-order valence-corrected chi connectivity index (χ3v) is 4.36. The van der Waals surface area contributed by atoms with Gasteiger partial charge in [-0.15, -0.1) is 0 Å². The van der Waals surface area contributed by atoms with Crippen molar-refractivity contribution in [2.75, 3.05) is 18.2 Å². The summed E-state index contributed by atoms with van der Waals surface area (Å²) >= 11 is 0. The van der Waals surface area contributed by atoms with Gasteiger partial charge in [0.1, 0.15) is 6.04 Å². The first kappa shape index (κ1) is 16.4. The molecule has 0 unspecified atom stereocenters. The smallest absolute Gasteiger partial charge is 0.247 e. The molecule has 0 bridgehead atoms. The zero-order valence-electron chi connectivity index (χ0n) is 14.7. The van der Waals surface area contributed by atoms with E-state index in [4.69, 9.17) is 9.47 Å². The van der Waals surface area contributed by atoms with Crippen LogP contribution in [0.4, 0.5) is 5.95 Å². The quantitative estimate of drug-likeness (QED) is 0.847. The Hall–Kier alpha value is -3.09. The highest BCUT2D eigenvalue weighted by Gasteiger charge is 2.28. The number of hydrogen-bond donors (Lipinski definition) is 1. The lowest BCUT2D eigenvalue weighted by Gasteiger charge is -2.24.